The Morgan fingerprint density at radius 1 is 1.35 bits per heavy atom. The van der Waals surface area contributed by atoms with E-state index in [9.17, 15) is 4.79 Å². The Balaban J connectivity index is 1.50. The van der Waals surface area contributed by atoms with Crippen LogP contribution < -0.4 is 0 Å². The Morgan fingerprint density at radius 3 is 2.91 bits per heavy atom. The zero-order chi connectivity index (χ0) is 16.1. The van der Waals surface area contributed by atoms with Crippen molar-refractivity contribution in [3.05, 3.63) is 48.0 Å². The monoisotopic (exact) mass is 314 g/mol. The topological polar surface area (TPSA) is 60.2 Å². The van der Waals surface area contributed by atoms with Gasteiger partial charge in [0.05, 0.1) is 6.61 Å². The van der Waals surface area contributed by atoms with E-state index in [2.05, 4.69) is 10.2 Å². The second-order valence-corrected chi connectivity index (χ2v) is 5.96. The fourth-order valence-electron chi connectivity index (χ4n) is 3.00. The third-order valence-corrected chi connectivity index (χ3v) is 4.22. The van der Waals surface area contributed by atoms with E-state index in [0.29, 0.717) is 13.2 Å². The maximum Gasteiger partial charge on any atom is 0.248 e. The molecule has 1 atom stereocenters. The smallest absolute Gasteiger partial charge is 0.248 e. The van der Waals surface area contributed by atoms with Crippen LogP contribution in [0.3, 0.4) is 0 Å². The van der Waals surface area contributed by atoms with E-state index < -0.39 is 0 Å². The molecule has 1 aromatic heterocycles. The molecule has 2 aromatic rings. The van der Waals surface area contributed by atoms with Crippen LogP contribution in [-0.4, -0.2) is 45.3 Å². The molecule has 0 aliphatic carbocycles. The fourth-order valence-corrected chi connectivity index (χ4v) is 3.00. The lowest BCUT2D eigenvalue weighted by Crippen LogP contribution is -2.41. The van der Waals surface area contributed by atoms with E-state index in [-0.39, 0.29) is 18.4 Å². The van der Waals surface area contributed by atoms with Gasteiger partial charge in [0, 0.05) is 26.1 Å². The fraction of sp³-hybridized carbons (Fsp3) is 0.471. The van der Waals surface area contributed by atoms with E-state index in [1.165, 1.54) is 0 Å². The van der Waals surface area contributed by atoms with Crippen LogP contribution in [0.2, 0.25) is 0 Å². The number of piperidine rings is 1. The summed E-state index contributed by atoms with van der Waals surface area (Å²) in [6.45, 7) is 2.08. The molecule has 0 N–H and O–H groups in total. The number of hydrogen-bond acceptors (Lipinski definition) is 4. The first-order valence-corrected chi connectivity index (χ1v) is 7.97. The Labute approximate surface area is 136 Å². The molecular formula is C17H22N4O2. The first-order chi connectivity index (χ1) is 11.2. The Kier molecular flexibility index (Phi) is 5.02. The van der Waals surface area contributed by atoms with Crippen LogP contribution in [0, 0.1) is 0 Å². The number of carbonyl (C=O) groups excluding carboxylic acids is 1. The van der Waals surface area contributed by atoms with Crippen molar-refractivity contribution < 1.29 is 9.53 Å². The van der Waals surface area contributed by atoms with Gasteiger partial charge in [-0.2, -0.15) is 0 Å². The van der Waals surface area contributed by atoms with Crippen LogP contribution in [0.25, 0.3) is 0 Å². The van der Waals surface area contributed by atoms with Gasteiger partial charge in [0.25, 0.3) is 0 Å². The highest BCUT2D eigenvalue weighted by Crippen LogP contribution is 2.25. The standard InChI is InChI=1S/C17H22N4O2/c1-20-13-18-19-17(20)15-8-5-9-21(10-15)16(22)12-23-11-14-6-3-2-4-7-14/h2-4,6-7,13,15H,5,8-12H2,1H3/t15-/m0/s1. The van der Waals surface area contributed by atoms with Crippen LogP contribution in [-0.2, 0) is 23.2 Å². The van der Waals surface area contributed by atoms with Crippen molar-refractivity contribution in [2.24, 2.45) is 7.05 Å². The maximum absolute atomic E-state index is 12.3. The SMILES string of the molecule is Cn1cnnc1[C@H]1CCCN(C(=O)COCc2ccccc2)C1. The van der Waals surface area contributed by atoms with E-state index in [1.54, 1.807) is 6.33 Å². The summed E-state index contributed by atoms with van der Waals surface area (Å²) < 4.78 is 7.50. The van der Waals surface area contributed by atoms with Gasteiger partial charge < -0.3 is 14.2 Å². The third-order valence-electron chi connectivity index (χ3n) is 4.22. The van der Waals surface area contributed by atoms with Crippen molar-refractivity contribution in [2.45, 2.75) is 25.4 Å². The van der Waals surface area contributed by atoms with Gasteiger partial charge in [0.15, 0.2) is 0 Å². The van der Waals surface area contributed by atoms with Gasteiger partial charge in [-0.15, -0.1) is 10.2 Å². The molecule has 6 heteroatoms. The molecule has 2 heterocycles. The van der Waals surface area contributed by atoms with Crippen LogP contribution in [0.15, 0.2) is 36.7 Å². The normalized spacial score (nSPS) is 18.1. The molecule has 1 aliphatic heterocycles. The lowest BCUT2D eigenvalue weighted by atomic mass is 9.97. The molecule has 0 unspecified atom stereocenters. The molecule has 1 aromatic carbocycles. The summed E-state index contributed by atoms with van der Waals surface area (Å²) in [7, 11) is 1.94. The van der Waals surface area contributed by atoms with Gasteiger partial charge >= 0.3 is 0 Å². The Hall–Kier alpha value is -2.21. The minimum Gasteiger partial charge on any atom is -0.367 e. The number of carbonyl (C=O) groups is 1. The summed E-state index contributed by atoms with van der Waals surface area (Å²) in [5, 5.41) is 8.11. The van der Waals surface area contributed by atoms with Crippen molar-refractivity contribution in [3.63, 3.8) is 0 Å². The molecule has 23 heavy (non-hydrogen) atoms. The second kappa shape index (κ2) is 7.37. The molecular weight excluding hydrogens is 292 g/mol. The van der Waals surface area contributed by atoms with Gasteiger partial charge in [-0.25, -0.2) is 0 Å². The number of ether oxygens (including phenoxy) is 1. The van der Waals surface area contributed by atoms with Crippen LogP contribution in [0.5, 0.6) is 0 Å². The number of nitrogens with zero attached hydrogens (tertiary/aromatic N) is 4. The van der Waals surface area contributed by atoms with Crippen molar-refractivity contribution in [1.29, 1.82) is 0 Å². The lowest BCUT2D eigenvalue weighted by molar-refractivity contribution is -0.137. The molecule has 0 spiro atoms. The maximum atomic E-state index is 12.3. The Morgan fingerprint density at radius 2 is 2.17 bits per heavy atom. The number of aryl methyl sites for hydroxylation is 1. The van der Waals surface area contributed by atoms with Crippen molar-refractivity contribution in [3.8, 4) is 0 Å². The average Bonchev–Trinajstić information content (AvgIpc) is 3.02. The summed E-state index contributed by atoms with van der Waals surface area (Å²) in [4.78, 5) is 14.2. The molecule has 0 radical (unpaired) electrons. The van der Waals surface area contributed by atoms with Crippen molar-refractivity contribution in [1.82, 2.24) is 19.7 Å². The zero-order valence-electron chi connectivity index (χ0n) is 13.4. The highest BCUT2D eigenvalue weighted by atomic mass is 16.5. The van der Waals surface area contributed by atoms with Crippen LogP contribution >= 0.6 is 0 Å². The van der Waals surface area contributed by atoms with Gasteiger partial charge in [-0.1, -0.05) is 30.3 Å². The minimum atomic E-state index is 0.0489. The number of hydrogen-bond donors (Lipinski definition) is 0. The van der Waals surface area contributed by atoms with Crippen molar-refractivity contribution >= 4 is 5.91 Å². The van der Waals surface area contributed by atoms with Crippen LogP contribution in [0.1, 0.15) is 30.1 Å². The number of aromatic nitrogens is 3. The van der Waals surface area contributed by atoms with Gasteiger partial charge in [-0.3, -0.25) is 4.79 Å². The predicted octanol–water partition coefficient (Wildman–Crippen LogP) is 1.74. The third kappa shape index (κ3) is 3.96. The van der Waals surface area contributed by atoms with E-state index >= 15 is 0 Å². The highest BCUT2D eigenvalue weighted by Gasteiger charge is 2.27. The van der Waals surface area contributed by atoms with Gasteiger partial charge in [0.1, 0.15) is 18.8 Å². The van der Waals surface area contributed by atoms with E-state index in [1.807, 2.05) is 46.8 Å². The minimum absolute atomic E-state index is 0.0489. The zero-order valence-corrected chi connectivity index (χ0v) is 13.4. The molecule has 1 aliphatic rings. The summed E-state index contributed by atoms with van der Waals surface area (Å²) in [6, 6.07) is 9.90. The molecule has 122 valence electrons. The van der Waals surface area contributed by atoms with Crippen LogP contribution in [0.4, 0.5) is 0 Å². The highest BCUT2D eigenvalue weighted by molar-refractivity contribution is 5.77. The largest absolute Gasteiger partial charge is 0.367 e. The molecule has 3 rings (SSSR count). The Bertz CT molecular complexity index is 641. The summed E-state index contributed by atoms with van der Waals surface area (Å²) >= 11 is 0. The predicted molar refractivity (Wildman–Crippen MR) is 85.7 cm³/mol. The molecule has 1 amide bonds. The first kappa shape index (κ1) is 15.7. The van der Waals surface area contributed by atoms with Gasteiger partial charge in [-0.05, 0) is 18.4 Å². The molecule has 6 nitrogen and oxygen atoms in total. The van der Waals surface area contributed by atoms with E-state index in [4.69, 9.17) is 4.74 Å². The number of amides is 1. The molecule has 1 saturated heterocycles. The van der Waals surface area contributed by atoms with E-state index in [0.717, 1.165) is 30.8 Å². The van der Waals surface area contributed by atoms with Crippen molar-refractivity contribution in [2.75, 3.05) is 19.7 Å². The average molecular weight is 314 g/mol. The lowest BCUT2D eigenvalue weighted by Gasteiger charge is -2.32. The summed E-state index contributed by atoms with van der Waals surface area (Å²) in [5.41, 5.74) is 1.08. The van der Waals surface area contributed by atoms with Gasteiger partial charge in [0.2, 0.25) is 5.91 Å². The number of likely N-dealkylation sites (tertiary alicyclic amines) is 1. The molecule has 0 bridgehead atoms. The molecule has 1 fully saturated rings. The number of rotatable bonds is 5. The summed E-state index contributed by atoms with van der Waals surface area (Å²) in [6.07, 6.45) is 3.74. The molecule has 0 saturated carbocycles. The first-order valence-electron chi connectivity index (χ1n) is 7.97. The number of benzene rings is 1. The second-order valence-electron chi connectivity index (χ2n) is 5.96. The quantitative estimate of drug-likeness (QED) is 0.843. The summed E-state index contributed by atoms with van der Waals surface area (Å²) in [5.74, 6) is 1.26.